The van der Waals surface area contributed by atoms with E-state index in [1.165, 1.54) is 0 Å². The minimum absolute atomic E-state index is 0.117. The maximum absolute atomic E-state index is 13.1. The minimum Gasteiger partial charge on any atom is -0.490 e. The number of hydrogen-bond donors (Lipinski definition) is 1. The Kier molecular flexibility index (Phi) is 7.00. The van der Waals surface area contributed by atoms with Gasteiger partial charge in [0.2, 0.25) is 0 Å². The Morgan fingerprint density at radius 3 is 2.25 bits per heavy atom. The molecule has 2 fully saturated rings. The van der Waals surface area contributed by atoms with E-state index in [9.17, 15) is 9.90 Å². The summed E-state index contributed by atoms with van der Waals surface area (Å²) < 4.78 is 30.0. The number of nitrogens with zero attached hydrogens (tertiary/aromatic N) is 2. The summed E-state index contributed by atoms with van der Waals surface area (Å²) in [5, 5.41) is 12.2. The smallest absolute Gasteiger partial charge is 0.188 e. The molecule has 3 atom stereocenters. The Hall–Kier alpha value is -2.59. The second kappa shape index (κ2) is 10.0. The van der Waals surface area contributed by atoms with Crippen LogP contribution in [0.5, 0.6) is 11.5 Å². The number of aromatic nitrogens is 1. The summed E-state index contributed by atoms with van der Waals surface area (Å²) in [4.78, 5) is 13.1. The molecule has 3 aliphatic rings. The third kappa shape index (κ3) is 4.61. The molecule has 5 rings (SSSR count). The quantitative estimate of drug-likeness (QED) is 0.371. The number of epoxide rings is 1. The number of aliphatic hydroxyl groups is 1. The summed E-state index contributed by atoms with van der Waals surface area (Å²) in [5.74, 6) is 1.35. The molecule has 0 amide bonds. The Balaban J connectivity index is 1.59. The van der Waals surface area contributed by atoms with Crippen molar-refractivity contribution < 1.29 is 28.8 Å². The SMILES string of the molecule is COCCCOc1cc2c(cc1OCCCOC)C1CCC(C)(C)N1n1cc(C3OC3O)c(=O)cc1-2. The molecule has 3 aliphatic heterocycles. The number of aliphatic hydroxyl groups excluding tert-OH is 1. The second-order valence-electron chi connectivity index (χ2n) is 10.3. The van der Waals surface area contributed by atoms with Crippen LogP contribution in [0.15, 0.2) is 29.2 Å². The van der Waals surface area contributed by atoms with Crippen LogP contribution < -0.4 is 19.9 Å². The summed E-state index contributed by atoms with van der Waals surface area (Å²) in [6.45, 7) is 6.68. The number of benzene rings is 1. The first-order chi connectivity index (χ1) is 17.4. The fraction of sp³-hybridized carbons (Fsp3) is 0.593. The summed E-state index contributed by atoms with van der Waals surface area (Å²) in [6, 6.07) is 5.86. The van der Waals surface area contributed by atoms with Crippen LogP contribution in [0, 0.1) is 0 Å². The van der Waals surface area contributed by atoms with E-state index < -0.39 is 12.4 Å². The Morgan fingerprint density at radius 2 is 1.64 bits per heavy atom. The minimum atomic E-state index is -0.917. The first-order valence-corrected chi connectivity index (χ1v) is 12.7. The molecule has 0 spiro atoms. The molecule has 0 saturated carbocycles. The third-order valence-corrected chi connectivity index (χ3v) is 7.26. The van der Waals surface area contributed by atoms with Gasteiger partial charge in [0, 0.05) is 58.1 Å². The van der Waals surface area contributed by atoms with Gasteiger partial charge in [0.15, 0.2) is 23.2 Å². The molecular weight excluding hydrogens is 464 g/mol. The van der Waals surface area contributed by atoms with Crippen LogP contribution in [-0.4, -0.2) is 62.3 Å². The van der Waals surface area contributed by atoms with Crippen molar-refractivity contribution in [2.45, 2.75) is 63.5 Å². The van der Waals surface area contributed by atoms with E-state index >= 15 is 0 Å². The van der Waals surface area contributed by atoms with E-state index in [0.717, 1.165) is 42.5 Å². The maximum atomic E-state index is 13.1. The fourth-order valence-corrected chi connectivity index (χ4v) is 5.41. The standard InChI is InChI=1S/C27H36N2O7/c1-27(2)8-7-20-17-13-23(34-11-5-9-32-3)24(35-12-6-10-33-4)14-18(17)21-15-22(30)19(25-26(31)36-25)16-28(21)29(20)27/h13-16,20,25-26,31H,5-12H2,1-4H3. The lowest BCUT2D eigenvalue weighted by Crippen LogP contribution is -2.50. The van der Waals surface area contributed by atoms with Gasteiger partial charge in [0.1, 0.15) is 6.10 Å². The van der Waals surface area contributed by atoms with Crippen molar-refractivity contribution in [2.24, 2.45) is 0 Å². The largest absolute Gasteiger partial charge is 0.490 e. The van der Waals surface area contributed by atoms with Gasteiger partial charge in [-0.05, 0) is 44.4 Å². The van der Waals surface area contributed by atoms with Gasteiger partial charge in [0.05, 0.1) is 36.1 Å². The van der Waals surface area contributed by atoms with Crippen molar-refractivity contribution in [1.82, 2.24) is 4.68 Å². The highest BCUT2D eigenvalue weighted by atomic mass is 16.7. The van der Waals surface area contributed by atoms with Gasteiger partial charge in [-0.3, -0.25) is 14.5 Å². The molecule has 196 valence electrons. The molecular formula is C27H36N2O7. The van der Waals surface area contributed by atoms with Crippen LogP contribution in [0.2, 0.25) is 0 Å². The monoisotopic (exact) mass is 500 g/mol. The summed E-state index contributed by atoms with van der Waals surface area (Å²) >= 11 is 0. The molecule has 36 heavy (non-hydrogen) atoms. The lowest BCUT2D eigenvalue weighted by Gasteiger charge is -2.44. The van der Waals surface area contributed by atoms with Crippen LogP contribution >= 0.6 is 0 Å². The van der Waals surface area contributed by atoms with Crippen molar-refractivity contribution in [3.05, 3.63) is 45.7 Å². The summed E-state index contributed by atoms with van der Waals surface area (Å²) in [5.41, 5.74) is 3.09. The van der Waals surface area contributed by atoms with E-state index in [2.05, 4.69) is 29.6 Å². The zero-order valence-corrected chi connectivity index (χ0v) is 21.5. The zero-order chi connectivity index (χ0) is 25.4. The highest BCUT2D eigenvalue weighted by Gasteiger charge is 2.47. The topological polar surface area (TPSA) is 94.9 Å². The lowest BCUT2D eigenvalue weighted by molar-refractivity contribution is 0.156. The highest BCUT2D eigenvalue weighted by Crippen LogP contribution is 2.51. The van der Waals surface area contributed by atoms with Gasteiger partial charge >= 0.3 is 0 Å². The highest BCUT2D eigenvalue weighted by molar-refractivity contribution is 5.73. The number of ether oxygens (including phenoxy) is 5. The van der Waals surface area contributed by atoms with E-state index in [0.29, 0.717) is 43.5 Å². The maximum Gasteiger partial charge on any atom is 0.188 e. The van der Waals surface area contributed by atoms with Crippen LogP contribution in [-0.2, 0) is 14.2 Å². The Bertz CT molecular complexity index is 1160. The van der Waals surface area contributed by atoms with Gasteiger partial charge in [-0.1, -0.05) is 0 Å². The van der Waals surface area contributed by atoms with Gasteiger partial charge in [-0.2, -0.15) is 0 Å². The number of methoxy groups -OCH3 is 2. The van der Waals surface area contributed by atoms with Crippen LogP contribution in [0.3, 0.4) is 0 Å². The number of pyridine rings is 1. The van der Waals surface area contributed by atoms with Crippen molar-refractivity contribution in [2.75, 3.05) is 45.7 Å². The molecule has 1 N–H and O–H groups in total. The molecule has 9 heteroatoms. The van der Waals surface area contributed by atoms with Gasteiger partial charge in [-0.25, -0.2) is 0 Å². The van der Waals surface area contributed by atoms with Crippen molar-refractivity contribution in [3.63, 3.8) is 0 Å². The molecule has 0 aliphatic carbocycles. The fourth-order valence-electron chi connectivity index (χ4n) is 5.41. The average molecular weight is 501 g/mol. The van der Waals surface area contributed by atoms with E-state index in [1.54, 1.807) is 20.3 Å². The van der Waals surface area contributed by atoms with Crippen molar-refractivity contribution >= 4 is 0 Å². The first-order valence-electron chi connectivity index (χ1n) is 12.7. The van der Waals surface area contributed by atoms with E-state index in [1.807, 2.05) is 12.3 Å². The number of rotatable bonds is 11. The second-order valence-corrected chi connectivity index (χ2v) is 10.3. The van der Waals surface area contributed by atoms with Gasteiger partial charge < -0.3 is 28.8 Å². The Morgan fingerprint density at radius 1 is 1.00 bits per heavy atom. The van der Waals surface area contributed by atoms with Crippen LogP contribution in [0.4, 0.5) is 0 Å². The lowest BCUT2D eigenvalue weighted by atomic mass is 9.93. The predicted molar refractivity (Wildman–Crippen MR) is 134 cm³/mol. The molecule has 0 radical (unpaired) electrons. The predicted octanol–water partition coefficient (Wildman–Crippen LogP) is 3.30. The van der Waals surface area contributed by atoms with Crippen LogP contribution in [0.1, 0.15) is 62.8 Å². The van der Waals surface area contributed by atoms with E-state index in [-0.39, 0.29) is 17.0 Å². The zero-order valence-electron chi connectivity index (χ0n) is 21.5. The molecule has 1 aromatic carbocycles. The molecule has 9 nitrogen and oxygen atoms in total. The van der Waals surface area contributed by atoms with Crippen molar-refractivity contribution in [3.8, 4) is 22.8 Å². The molecule has 2 aromatic rings. The van der Waals surface area contributed by atoms with Crippen LogP contribution in [0.25, 0.3) is 11.3 Å². The molecule has 1 aromatic heterocycles. The molecule has 3 unspecified atom stereocenters. The summed E-state index contributed by atoms with van der Waals surface area (Å²) in [6.07, 6.45) is 3.86. The molecule has 2 saturated heterocycles. The van der Waals surface area contributed by atoms with Gasteiger partial charge in [0.25, 0.3) is 0 Å². The Labute approximate surface area is 211 Å². The average Bonchev–Trinajstić information content (AvgIpc) is 3.49. The molecule has 0 bridgehead atoms. The summed E-state index contributed by atoms with van der Waals surface area (Å²) in [7, 11) is 3.35. The number of hydrogen-bond acceptors (Lipinski definition) is 8. The van der Waals surface area contributed by atoms with Gasteiger partial charge in [-0.15, -0.1) is 0 Å². The number of fused-ring (bicyclic) bond motifs is 6. The first kappa shape index (κ1) is 25.1. The normalized spacial score (nSPS) is 23.1. The molecule has 4 heterocycles. The van der Waals surface area contributed by atoms with Crippen molar-refractivity contribution in [1.29, 1.82) is 0 Å². The van der Waals surface area contributed by atoms with E-state index in [4.69, 9.17) is 23.7 Å². The third-order valence-electron chi connectivity index (χ3n) is 7.26.